The molecule has 1 saturated heterocycles. The first-order chi connectivity index (χ1) is 18.0. The highest BCUT2D eigenvalue weighted by molar-refractivity contribution is 5.94. The zero-order chi connectivity index (χ0) is 25.9. The van der Waals surface area contributed by atoms with Crippen molar-refractivity contribution < 1.29 is 8.78 Å². The molecule has 0 amide bonds. The largest absolute Gasteiger partial charge is 0.356 e. The lowest BCUT2D eigenvalue weighted by molar-refractivity contribution is 0.442. The Morgan fingerprint density at radius 2 is 1.97 bits per heavy atom. The number of halogens is 2. The topological polar surface area (TPSA) is 91.2 Å². The maximum Gasteiger partial charge on any atom is 0.200 e. The third kappa shape index (κ3) is 5.20. The Bertz CT molecular complexity index is 1380. The van der Waals surface area contributed by atoms with E-state index in [0.29, 0.717) is 23.3 Å². The fraction of sp³-hybridized carbons (Fsp3) is 0.370. The first-order valence-electron chi connectivity index (χ1n) is 12.5. The molecule has 0 spiro atoms. The van der Waals surface area contributed by atoms with Gasteiger partial charge in [0, 0.05) is 36.4 Å². The van der Waals surface area contributed by atoms with E-state index in [2.05, 4.69) is 44.3 Å². The Morgan fingerprint density at radius 3 is 2.68 bits per heavy atom. The maximum atomic E-state index is 14.3. The van der Waals surface area contributed by atoms with Crippen LogP contribution in [-0.4, -0.2) is 52.8 Å². The van der Waals surface area contributed by atoms with Crippen molar-refractivity contribution in [1.29, 1.82) is 0 Å². The summed E-state index contributed by atoms with van der Waals surface area (Å²) < 4.78 is 28.1. The van der Waals surface area contributed by atoms with Crippen LogP contribution in [0.3, 0.4) is 0 Å². The summed E-state index contributed by atoms with van der Waals surface area (Å²) in [6.07, 6.45) is 10.7. The van der Waals surface area contributed by atoms with Crippen molar-refractivity contribution in [2.24, 2.45) is 4.99 Å². The minimum Gasteiger partial charge on any atom is -0.356 e. The molecule has 8 nitrogen and oxygen atoms in total. The normalized spacial score (nSPS) is 17.5. The highest BCUT2D eigenvalue weighted by atomic mass is 19.2. The number of piperidine rings is 1. The quantitative estimate of drug-likeness (QED) is 0.319. The molecule has 1 saturated carbocycles. The molecule has 3 aromatic heterocycles. The third-order valence-electron chi connectivity index (χ3n) is 6.92. The fourth-order valence-corrected chi connectivity index (χ4v) is 4.71. The standard InChI is InChI=1S/C27H30F2N8/c1-4-20(28)24(29)26(30-2)35-22-13-17(7-12-33-22)25-34-21-15-32-14-19(16-5-6-16)23(21)27(36-25)37(3)18-8-10-31-11-9-18/h4,7,12-16,18,31H,2,5-6,8-11H2,1,3H3,(H,33,35)/b20-4+,26-24-. The van der Waals surface area contributed by atoms with E-state index in [4.69, 9.17) is 9.97 Å². The van der Waals surface area contributed by atoms with Crippen molar-refractivity contribution >= 4 is 29.3 Å². The van der Waals surface area contributed by atoms with Gasteiger partial charge in [-0.2, -0.15) is 4.39 Å². The van der Waals surface area contributed by atoms with Crippen LogP contribution in [0.15, 0.2) is 59.3 Å². The van der Waals surface area contributed by atoms with E-state index < -0.39 is 11.7 Å². The summed E-state index contributed by atoms with van der Waals surface area (Å²) in [4.78, 5) is 24.5. The molecule has 1 aliphatic heterocycles. The summed E-state index contributed by atoms with van der Waals surface area (Å²) in [5, 5.41) is 7.19. The number of aromatic nitrogens is 4. The van der Waals surface area contributed by atoms with E-state index in [0.717, 1.165) is 61.6 Å². The van der Waals surface area contributed by atoms with Gasteiger partial charge in [0.15, 0.2) is 17.5 Å². The van der Waals surface area contributed by atoms with E-state index in [9.17, 15) is 8.78 Å². The van der Waals surface area contributed by atoms with Gasteiger partial charge < -0.3 is 15.5 Å². The number of rotatable bonds is 8. The van der Waals surface area contributed by atoms with Crippen molar-refractivity contribution in [2.75, 3.05) is 30.4 Å². The maximum absolute atomic E-state index is 14.3. The predicted octanol–water partition coefficient (Wildman–Crippen LogP) is 5.28. The van der Waals surface area contributed by atoms with Gasteiger partial charge in [0.05, 0.1) is 11.7 Å². The first-order valence-corrected chi connectivity index (χ1v) is 12.5. The second-order valence-corrected chi connectivity index (χ2v) is 9.37. The highest BCUT2D eigenvalue weighted by Crippen LogP contribution is 2.45. The molecule has 37 heavy (non-hydrogen) atoms. The lowest BCUT2D eigenvalue weighted by Gasteiger charge is -2.33. The molecule has 192 valence electrons. The zero-order valence-electron chi connectivity index (χ0n) is 21.0. The number of aliphatic imine (C=N–C) groups is 1. The van der Waals surface area contributed by atoms with Gasteiger partial charge in [0.25, 0.3) is 0 Å². The van der Waals surface area contributed by atoms with Gasteiger partial charge in [0.2, 0.25) is 5.83 Å². The Morgan fingerprint density at radius 1 is 1.19 bits per heavy atom. The van der Waals surface area contributed by atoms with Gasteiger partial charge in [-0.3, -0.25) is 4.98 Å². The number of hydrogen-bond acceptors (Lipinski definition) is 8. The summed E-state index contributed by atoms with van der Waals surface area (Å²) in [6, 6.07) is 3.82. The summed E-state index contributed by atoms with van der Waals surface area (Å²) in [7, 11) is 2.10. The molecule has 0 unspecified atom stereocenters. The SMILES string of the molecule is C=N/C(Nc1cc(-c2nc(N(C)C3CCNCC3)c3c(C4CC4)cncc3n2)ccn1)=C(F)\C(F)=C/C. The lowest BCUT2D eigenvalue weighted by atomic mass is 10.0. The fourth-order valence-electron chi connectivity index (χ4n) is 4.71. The van der Waals surface area contributed by atoms with Crippen LogP contribution >= 0.6 is 0 Å². The highest BCUT2D eigenvalue weighted by Gasteiger charge is 2.30. The Balaban J connectivity index is 1.58. The van der Waals surface area contributed by atoms with Crippen LogP contribution in [0.25, 0.3) is 22.3 Å². The monoisotopic (exact) mass is 504 g/mol. The smallest absolute Gasteiger partial charge is 0.200 e. The average Bonchev–Trinajstić information content (AvgIpc) is 3.80. The summed E-state index contributed by atoms with van der Waals surface area (Å²) in [5.74, 6) is -0.390. The molecule has 10 heteroatoms. The predicted molar refractivity (Wildman–Crippen MR) is 143 cm³/mol. The molecule has 2 fully saturated rings. The van der Waals surface area contributed by atoms with Crippen LogP contribution < -0.4 is 15.5 Å². The van der Waals surface area contributed by atoms with Crippen LogP contribution in [0.1, 0.15) is 44.1 Å². The first kappa shape index (κ1) is 24.9. The third-order valence-corrected chi connectivity index (χ3v) is 6.92. The van der Waals surface area contributed by atoms with Gasteiger partial charge in [-0.05, 0) is 82.1 Å². The van der Waals surface area contributed by atoms with Crippen LogP contribution in [0, 0.1) is 0 Å². The molecule has 2 aliphatic rings. The van der Waals surface area contributed by atoms with E-state index >= 15 is 0 Å². The van der Waals surface area contributed by atoms with E-state index in [-0.39, 0.29) is 11.6 Å². The van der Waals surface area contributed by atoms with E-state index in [1.54, 1.807) is 24.5 Å². The zero-order valence-corrected chi connectivity index (χ0v) is 21.0. The van der Waals surface area contributed by atoms with Crippen molar-refractivity contribution in [2.45, 2.75) is 44.6 Å². The summed E-state index contributed by atoms with van der Waals surface area (Å²) in [6.45, 7) is 6.68. The number of fused-ring (bicyclic) bond motifs is 1. The van der Waals surface area contributed by atoms with Crippen molar-refractivity contribution in [3.8, 4) is 11.4 Å². The van der Waals surface area contributed by atoms with Gasteiger partial charge in [0.1, 0.15) is 11.6 Å². The van der Waals surface area contributed by atoms with Gasteiger partial charge in [-0.15, -0.1) is 0 Å². The number of pyridine rings is 2. The minimum absolute atomic E-state index is 0.265. The average molecular weight is 505 g/mol. The lowest BCUT2D eigenvalue weighted by Crippen LogP contribution is -2.41. The number of allylic oxidation sites excluding steroid dienone is 3. The number of anilines is 2. The van der Waals surface area contributed by atoms with E-state index in [1.807, 2.05) is 6.20 Å². The molecule has 2 N–H and O–H groups in total. The molecule has 0 atom stereocenters. The number of nitrogens with zero attached hydrogens (tertiary/aromatic N) is 6. The minimum atomic E-state index is -1.14. The molecular weight excluding hydrogens is 474 g/mol. The van der Waals surface area contributed by atoms with Gasteiger partial charge in [-0.1, -0.05) is 0 Å². The Labute approximate surface area is 214 Å². The van der Waals surface area contributed by atoms with Gasteiger partial charge >= 0.3 is 0 Å². The molecule has 0 aromatic carbocycles. The second-order valence-electron chi connectivity index (χ2n) is 9.37. The molecule has 3 aromatic rings. The number of nitrogens with one attached hydrogen (secondary N) is 2. The van der Waals surface area contributed by atoms with Gasteiger partial charge in [-0.25, -0.2) is 24.3 Å². The molecule has 5 rings (SSSR count). The van der Waals surface area contributed by atoms with Crippen LogP contribution in [0.5, 0.6) is 0 Å². The molecule has 1 aliphatic carbocycles. The summed E-state index contributed by atoms with van der Waals surface area (Å²) in [5.41, 5.74) is 2.66. The molecule has 0 radical (unpaired) electrons. The Kier molecular flexibility index (Phi) is 7.18. The molecule has 0 bridgehead atoms. The van der Waals surface area contributed by atoms with Crippen molar-refractivity contribution in [3.05, 3.63) is 59.8 Å². The van der Waals surface area contributed by atoms with Crippen LogP contribution in [0.4, 0.5) is 20.4 Å². The molecular formula is C27H30F2N8. The van der Waals surface area contributed by atoms with Crippen molar-refractivity contribution in [1.82, 2.24) is 25.3 Å². The van der Waals surface area contributed by atoms with Crippen molar-refractivity contribution in [3.63, 3.8) is 0 Å². The second kappa shape index (κ2) is 10.7. The van der Waals surface area contributed by atoms with Crippen LogP contribution in [-0.2, 0) is 0 Å². The molecule has 4 heterocycles. The number of hydrogen-bond donors (Lipinski definition) is 2. The summed E-state index contributed by atoms with van der Waals surface area (Å²) >= 11 is 0. The van der Waals surface area contributed by atoms with E-state index in [1.165, 1.54) is 12.5 Å². The Hall–Kier alpha value is -3.79. The van der Waals surface area contributed by atoms with Crippen LogP contribution in [0.2, 0.25) is 0 Å².